The highest BCUT2D eigenvalue weighted by Gasteiger charge is 2.37. The van der Waals surface area contributed by atoms with Crippen LogP contribution in [0.5, 0.6) is 0 Å². The number of nitrogens with zero attached hydrogens (tertiary/aromatic N) is 3. The van der Waals surface area contributed by atoms with Gasteiger partial charge in [-0.2, -0.15) is 0 Å². The van der Waals surface area contributed by atoms with Crippen LogP contribution in [-0.2, 0) is 14.3 Å². The highest BCUT2D eigenvalue weighted by molar-refractivity contribution is 8.18. The van der Waals surface area contributed by atoms with Crippen molar-refractivity contribution in [1.82, 2.24) is 9.80 Å². The smallest absolute Gasteiger partial charge is 0.337 e. The van der Waals surface area contributed by atoms with Crippen LogP contribution in [0.3, 0.4) is 0 Å². The predicted octanol–water partition coefficient (Wildman–Crippen LogP) is 4.43. The quantitative estimate of drug-likeness (QED) is 0.331. The molecule has 3 heterocycles. The van der Waals surface area contributed by atoms with Crippen LogP contribution in [-0.4, -0.2) is 72.7 Å². The number of carbonyl (C=O) groups excluding carboxylic acids is 4. The van der Waals surface area contributed by atoms with Gasteiger partial charge in [0.2, 0.25) is 5.91 Å². The van der Waals surface area contributed by atoms with Crippen molar-refractivity contribution >= 4 is 46.5 Å². The van der Waals surface area contributed by atoms with Gasteiger partial charge in [-0.15, -0.1) is 0 Å². The lowest BCUT2D eigenvalue weighted by atomic mass is 10.0. The minimum Gasteiger partial charge on any atom is -0.465 e. The molecule has 1 aromatic heterocycles. The monoisotopic (exact) mass is 545 g/mol. The molecule has 0 aliphatic carbocycles. The third-order valence-electron chi connectivity index (χ3n) is 6.74. The molecule has 3 aromatic rings. The zero-order valence-electron chi connectivity index (χ0n) is 21.6. The standard InChI is InChI=1S/C29H27N3O6S/c1-19-8-9-20(28(35)37-2)16-23(19)24-11-10-22(38-24)17-25-27(34)32(29(36)39-25)18-26(33)31-14-12-30(13-15-31)21-6-4-3-5-7-21/h3-11,16-17H,12-15,18H2,1-2H3/b25-17+. The SMILES string of the molecule is COC(=O)c1ccc(C)c(-c2ccc(/C=C3/SC(=O)N(CC(=O)N4CCN(c5ccccc5)CC4)C3=O)o2)c1. The molecule has 2 aliphatic rings. The van der Waals surface area contributed by atoms with Gasteiger partial charge >= 0.3 is 5.97 Å². The van der Waals surface area contributed by atoms with E-state index in [9.17, 15) is 19.2 Å². The number of amides is 3. The van der Waals surface area contributed by atoms with E-state index in [0.717, 1.165) is 27.9 Å². The highest BCUT2D eigenvalue weighted by Crippen LogP contribution is 2.34. The maximum absolute atomic E-state index is 13.0. The second-order valence-corrected chi connectivity index (χ2v) is 10.2. The molecule has 9 nitrogen and oxygen atoms in total. The molecule has 5 rings (SSSR count). The van der Waals surface area contributed by atoms with Crippen LogP contribution in [0.25, 0.3) is 17.4 Å². The maximum Gasteiger partial charge on any atom is 0.337 e. The summed E-state index contributed by atoms with van der Waals surface area (Å²) >= 11 is 0.779. The van der Waals surface area contributed by atoms with E-state index in [1.54, 1.807) is 35.2 Å². The Bertz CT molecular complexity index is 1460. The van der Waals surface area contributed by atoms with Crippen molar-refractivity contribution in [2.45, 2.75) is 6.92 Å². The van der Waals surface area contributed by atoms with E-state index < -0.39 is 17.1 Å². The number of ether oxygens (including phenoxy) is 1. The minimum atomic E-state index is -0.525. The number of imide groups is 1. The second kappa shape index (κ2) is 11.2. The van der Waals surface area contributed by atoms with Crippen LogP contribution in [0.4, 0.5) is 10.5 Å². The van der Waals surface area contributed by atoms with Crippen LogP contribution in [0.1, 0.15) is 21.7 Å². The Morgan fingerprint density at radius 3 is 2.46 bits per heavy atom. The molecule has 3 amide bonds. The van der Waals surface area contributed by atoms with E-state index in [4.69, 9.17) is 9.15 Å². The summed E-state index contributed by atoms with van der Waals surface area (Å²) in [5.41, 5.74) is 3.10. The van der Waals surface area contributed by atoms with Crippen LogP contribution >= 0.6 is 11.8 Å². The molecule has 2 aromatic carbocycles. The summed E-state index contributed by atoms with van der Waals surface area (Å²) < 4.78 is 10.7. The van der Waals surface area contributed by atoms with E-state index in [1.165, 1.54) is 13.2 Å². The van der Waals surface area contributed by atoms with Crippen molar-refractivity contribution < 1.29 is 28.3 Å². The highest BCUT2D eigenvalue weighted by atomic mass is 32.2. The Morgan fingerprint density at radius 1 is 1.00 bits per heavy atom. The van der Waals surface area contributed by atoms with Crippen molar-refractivity contribution in [1.29, 1.82) is 0 Å². The van der Waals surface area contributed by atoms with E-state index in [-0.39, 0.29) is 17.4 Å². The third-order valence-corrected chi connectivity index (χ3v) is 7.65. The molecule has 0 atom stereocenters. The molecule has 39 heavy (non-hydrogen) atoms. The molecule has 0 radical (unpaired) electrons. The number of rotatable bonds is 6. The number of anilines is 1. The normalized spacial score (nSPS) is 16.8. The molecule has 0 N–H and O–H groups in total. The Labute approximate surface area is 230 Å². The molecule has 2 aliphatic heterocycles. The van der Waals surface area contributed by atoms with Crippen molar-refractivity contribution in [3.8, 4) is 11.3 Å². The molecule has 200 valence electrons. The average Bonchev–Trinajstić information content (AvgIpc) is 3.53. The number of hydrogen-bond acceptors (Lipinski definition) is 8. The summed E-state index contributed by atoms with van der Waals surface area (Å²) in [5.74, 6) is -0.352. The zero-order chi connectivity index (χ0) is 27.5. The second-order valence-electron chi connectivity index (χ2n) is 9.19. The van der Waals surface area contributed by atoms with Gasteiger partial charge in [-0.05, 0) is 60.6 Å². The maximum atomic E-state index is 13.0. The van der Waals surface area contributed by atoms with Gasteiger partial charge in [0.05, 0.1) is 17.6 Å². The fourth-order valence-corrected chi connectivity index (χ4v) is 5.38. The summed E-state index contributed by atoms with van der Waals surface area (Å²) in [7, 11) is 1.32. The Kier molecular flexibility index (Phi) is 7.56. The Balaban J connectivity index is 1.23. The lowest BCUT2D eigenvalue weighted by Crippen LogP contribution is -2.51. The van der Waals surface area contributed by atoms with E-state index in [1.807, 2.05) is 37.3 Å². The van der Waals surface area contributed by atoms with Crippen molar-refractivity contribution in [2.75, 3.05) is 44.7 Å². The number of esters is 1. The largest absolute Gasteiger partial charge is 0.465 e. The van der Waals surface area contributed by atoms with Gasteiger partial charge in [-0.1, -0.05) is 24.3 Å². The molecule has 10 heteroatoms. The van der Waals surface area contributed by atoms with Crippen molar-refractivity contribution in [2.24, 2.45) is 0 Å². The van der Waals surface area contributed by atoms with Gasteiger partial charge in [-0.3, -0.25) is 19.3 Å². The van der Waals surface area contributed by atoms with Gasteiger partial charge in [-0.25, -0.2) is 4.79 Å². The first kappa shape index (κ1) is 26.3. The summed E-state index contributed by atoms with van der Waals surface area (Å²) in [6.07, 6.45) is 1.50. The number of hydrogen-bond donors (Lipinski definition) is 0. The first-order valence-electron chi connectivity index (χ1n) is 12.5. The fraction of sp³-hybridized carbons (Fsp3) is 0.241. The number of para-hydroxylation sites is 1. The summed E-state index contributed by atoms with van der Waals surface area (Å²) in [6, 6.07) is 18.6. The van der Waals surface area contributed by atoms with Gasteiger partial charge in [0.25, 0.3) is 11.1 Å². The van der Waals surface area contributed by atoms with Crippen LogP contribution in [0.15, 0.2) is 70.0 Å². The van der Waals surface area contributed by atoms with Gasteiger partial charge in [0.1, 0.15) is 18.1 Å². The molecule has 2 fully saturated rings. The third kappa shape index (κ3) is 5.61. The topological polar surface area (TPSA) is 100 Å². The Hall–Kier alpha value is -4.31. The Morgan fingerprint density at radius 2 is 1.74 bits per heavy atom. The summed E-state index contributed by atoms with van der Waals surface area (Å²) in [6.45, 7) is 4.00. The van der Waals surface area contributed by atoms with Crippen LogP contribution in [0, 0.1) is 6.92 Å². The number of aryl methyl sites for hydroxylation is 1. The van der Waals surface area contributed by atoms with E-state index in [2.05, 4.69) is 4.90 Å². The number of piperazine rings is 1. The lowest BCUT2D eigenvalue weighted by molar-refractivity contribution is -0.136. The first-order valence-corrected chi connectivity index (χ1v) is 13.3. The average molecular weight is 546 g/mol. The number of benzene rings is 2. The minimum absolute atomic E-state index is 0.183. The number of furan rings is 1. The van der Waals surface area contributed by atoms with Gasteiger partial charge < -0.3 is 19.0 Å². The van der Waals surface area contributed by atoms with Crippen molar-refractivity contribution in [3.63, 3.8) is 0 Å². The molecule has 2 saturated heterocycles. The van der Waals surface area contributed by atoms with Gasteiger partial charge in [0, 0.05) is 43.5 Å². The summed E-state index contributed by atoms with van der Waals surface area (Å²) in [4.78, 5) is 55.5. The molecule has 0 spiro atoms. The first-order chi connectivity index (χ1) is 18.8. The number of carbonyl (C=O) groups is 4. The van der Waals surface area contributed by atoms with Gasteiger partial charge in [0.15, 0.2) is 0 Å². The molecule has 0 saturated carbocycles. The fourth-order valence-electron chi connectivity index (χ4n) is 4.56. The molecule has 0 unspecified atom stereocenters. The van der Waals surface area contributed by atoms with Crippen molar-refractivity contribution in [3.05, 3.63) is 82.5 Å². The van der Waals surface area contributed by atoms with E-state index in [0.29, 0.717) is 48.8 Å². The number of thioether (sulfide) groups is 1. The lowest BCUT2D eigenvalue weighted by Gasteiger charge is -2.36. The molecular weight excluding hydrogens is 518 g/mol. The van der Waals surface area contributed by atoms with Crippen LogP contribution in [0.2, 0.25) is 0 Å². The number of methoxy groups -OCH3 is 1. The molecule has 0 bridgehead atoms. The van der Waals surface area contributed by atoms with E-state index >= 15 is 0 Å². The predicted molar refractivity (Wildman–Crippen MR) is 148 cm³/mol. The summed E-state index contributed by atoms with van der Waals surface area (Å²) in [5, 5.41) is -0.490. The zero-order valence-corrected chi connectivity index (χ0v) is 22.4. The van der Waals surface area contributed by atoms with Crippen LogP contribution < -0.4 is 4.90 Å². The molecular formula is C29H27N3O6S.